The number of furan rings is 1. The lowest BCUT2D eigenvalue weighted by Gasteiger charge is -2.03. The minimum Gasteiger partial charge on any atom is -0.507 e. The summed E-state index contributed by atoms with van der Waals surface area (Å²) in [5, 5.41) is 19.8. The first-order valence-corrected chi connectivity index (χ1v) is 7.30. The molecule has 2 N–H and O–H groups in total. The minimum absolute atomic E-state index is 0.0425. The summed E-state index contributed by atoms with van der Waals surface area (Å²) in [6.07, 6.45) is 0. The molecule has 0 radical (unpaired) electrons. The Labute approximate surface area is 125 Å². The maximum absolute atomic E-state index is 11.3. The fraction of sp³-hybridized carbons (Fsp3) is 0.0625. The Balaban J connectivity index is 1.98. The van der Waals surface area contributed by atoms with Gasteiger partial charge >= 0.3 is 5.97 Å². The van der Waals surface area contributed by atoms with Crippen LogP contribution in [0.25, 0.3) is 11.0 Å². The second kappa shape index (κ2) is 5.54. The van der Waals surface area contributed by atoms with Gasteiger partial charge in [0.15, 0.2) is 0 Å². The van der Waals surface area contributed by atoms with Gasteiger partial charge in [-0.25, -0.2) is 4.79 Å². The lowest BCUT2D eigenvalue weighted by molar-refractivity contribution is 0.0664. The standard InChI is InChI=1S/C16H12O4S/c17-12-6-2-4-8-14(12)21-9-11-10-5-1-3-7-13(10)20-15(11)16(18)19/h1-8,17H,9H2,(H,18,19). The molecule has 2 aromatic carbocycles. The number of phenols is 1. The molecule has 0 saturated heterocycles. The van der Waals surface area contributed by atoms with Crippen LogP contribution in [-0.4, -0.2) is 16.2 Å². The lowest BCUT2D eigenvalue weighted by atomic mass is 10.1. The number of fused-ring (bicyclic) bond motifs is 1. The normalized spacial score (nSPS) is 10.9. The van der Waals surface area contributed by atoms with Crippen LogP contribution in [0.1, 0.15) is 16.1 Å². The number of aromatic carboxylic acids is 1. The molecular formula is C16H12O4S. The molecule has 3 rings (SSSR count). The van der Waals surface area contributed by atoms with Gasteiger partial charge in [0, 0.05) is 21.6 Å². The summed E-state index contributed by atoms with van der Waals surface area (Å²) < 4.78 is 5.40. The number of para-hydroxylation sites is 2. The van der Waals surface area contributed by atoms with Crippen LogP contribution in [0.15, 0.2) is 57.8 Å². The highest BCUT2D eigenvalue weighted by molar-refractivity contribution is 7.98. The van der Waals surface area contributed by atoms with Crippen molar-refractivity contribution in [3.63, 3.8) is 0 Å². The molecule has 3 aromatic rings. The first-order chi connectivity index (χ1) is 10.2. The fourth-order valence-electron chi connectivity index (χ4n) is 2.14. The highest BCUT2D eigenvalue weighted by atomic mass is 32.2. The molecule has 0 aliphatic heterocycles. The van der Waals surface area contributed by atoms with E-state index in [0.717, 1.165) is 5.39 Å². The number of aromatic hydroxyl groups is 1. The molecule has 0 unspecified atom stereocenters. The quantitative estimate of drug-likeness (QED) is 0.709. The number of phenolic OH excluding ortho intramolecular Hbond substituents is 1. The number of carboxylic acids is 1. The number of benzene rings is 2. The van der Waals surface area contributed by atoms with Gasteiger partial charge in [0.05, 0.1) is 0 Å². The van der Waals surface area contributed by atoms with E-state index >= 15 is 0 Å². The fourth-order valence-corrected chi connectivity index (χ4v) is 3.12. The zero-order chi connectivity index (χ0) is 14.8. The third-order valence-corrected chi connectivity index (χ3v) is 4.22. The summed E-state index contributed by atoms with van der Waals surface area (Å²) >= 11 is 1.38. The molecule has 0 atom stereocenters. The van der Waals surface area contributed by atoms with E-state index < -0.39 is 5.97 Å². The second-order valence-electron chi connectivity index (χ2n) is 4.47. The predicted molar refractivity (Wildman–Crippen MR) is 80.8 cm³/mol. The Morgan fingerprint density at radius 1 is 1.10 bits per heavy atom. The van der Waals surface area contributed by atoms with E-state index in [1.54, 1.807) is 30.3 Å². The van der Waals surface area contributed by atoms with Gasteiger partial charge < -0.3 is 14.6 Å². The molecule has 0 bridgehead atoms. The van der Waals surface area contributed by atoms with Crippen molar-refractivity contribution in [2.24, 2.45) is 0 Å². The van der Waals surface area contributed by atoms with E-state index in [1.807, 2.05) is 18.2 Å². The van der Waals surface area contributed by atoms with Crippen molar-refractivity contribution in [1.82, 2.24) is 0 Å². The predicted octanol–water partition coefficient (Wildman–Crippen LogP) is 4.13. The van der Waals surface area contributed by atoms with Crippen LogP contribution >= 0.6 is 11.8 Å². The third-order valence-electron chi connectivity index (χ3n) is 3.13. The van der Waals surface area contributed by atoms with Crippen molar-refractivity contribution in [2.45, 2.75) is 10.6 Å². The minimum atomic E-state index is -1.08. The van der Waals surface area contributed by atoms with Crippen LogP contribution in [0, 0.1) is 0 Å². The van der Waals surface area contributed by atoms with Crippen LogP contribution < -0.4 is 0 Å². The first-order valence-electron chi connectivity index (χ1n) is 6.31. The Kier molecular flexibility index (Phi) is 3.58. The molecule has 5 heteroatoms. The average molecular weight is 300 g/mol. The Bertz CT molecular complexity index is 807. The van der Waals surface area contributed by atoms with Gasteiger partial charge in [0.25, 0.3) is 0 Å². The van der Waals surface area contributed by atoms with Crippen LogP contribution in [0.4, 0.5) is 0 Å². The van der Waals surface area contributed by atoms with Gasteiger partial charge in [-0.05, 0) is 18.2 Å². The number of thioether (sulfide) groups is 1. The van der Waals surface area contributed by atoms with Crippen molar-refractivity contribution < 1.29 is 19.4 Å². The van der Waals surface area contributed by atoms with Gasteiger partial charge in [-0.3, -0.25) is 0 Å². The smallest absolute Gasteiger partial charge is 0.372 e. The van der Waals surface area contributed by atoms with Crippen LogP contribution in [-0.2, 0) is 5.75 Å². The van der Waals surface area contributed by atoms with Crippen molar-refractivity contribution >= 4 is 28.7 Å². The van der Waals surface area contributed by atoms with E-state index in [2.05, 4.69) is 0 Å². The van der Waals surface area contributed by atoms with Crippen molar-refractivity contribution in [2.75, 3.05) is 0 Å². The molecule has 0 spiro atoms. The number of hydrogen-bond acceptors (Lipinski definition) is 4. The lowest BCUT2D eigenvalue weighted by Crippen LogP contribution is -1.97. The van der Waals surface area contributed by atoms with Crippen molar-refractivity contribution in [3.8, 4) is 5.75 Å². The number of carboxylic acid groups (broad SMARTS) is 1. The van der Waals surface area contributed by atoms with Gasteiger partial charge in [-0.15, -0.1) is 11.8 Å². The Morgan fingerprint density at radius 2 is 1.81 bits per heavy atom. The molecule has 21 heavy (non-hydrogen) atoms. The maximum Gasteiger partial charge on any atom is 0.372 e. The zero-order valence-corrected chi connectivity index (χ0v) is 11.8. The van der Waals surface area contributed by atoms with Gasteiger partial charge in [-0.2, -0.15) is 0 Å². The number of carbonyl (C=O) groups is 1. The monoisotopic (exact) mass is 300 g/mol. The molecule has 106 valence electrons. The number of rotatable bonds is 4. The molecule has 0 aliphatic carbocycles. The highest BCUT2D eigenvalue weighted by Crippen LogP contribution is 2.35. The van der Waals surface area contributed by atoms with Crippen LogP contribution in [0.2, 0.25) is 0 Å². The highest BCUT2D eigenvalue weighted by Gasteiger charge is 2.19. The maximum atomic E-state index is 11.3. The van der Waals surface area contributed by atoms with E-state index in [1.165, 1.54) is 11.8 Å². The summed E-state index contributed by atoms with van der Waals surface area (Å²) in [5.74, 6) is -0.527. The largest absolute Gasteiger partial charge is 0.507 e. The van der Waals surface area contributed by atoms with Gasteiger partial charge in [-0.1, -0.05) is 30.3 Å². The number of hydrogen-bond donors (Lipinski definition) is 2. The van der Waals surface area contributed by atoms with E-state index in [0.29, 0.717) is 21.8 Å². The molecule has 0 saturated carbocycles. The molecule has 0 aliphatic rings. The summed E-state index contributed by atoms with van der Waals surface area (Å²) in [4.78, 5) is 12.0. The van der Waals surface area contributed by atoms with Crippen LogP contribution in [0.5, 0.6) is 5.75 Å². The Hall–Kier alpha value is -2.40. The van der Waals surface area contributed by atoms with Gasteiger partial charge in [0.2, 0.25) is 5.76 Å². The zero-order valence-electron chi connectivity index (χ0n) is 10.9. The summed E-state index contributed by atoms with van der Waals surface area (Å²) in [6, 6.07) is 14.2. The molecule has 1 aromatic heterocycles. The SMILES string of the molecule is O=C(O)c1oc2ccccc2c1CSc1ccccc1O. The topological polar surface area (TPSA) is 70.7 Å². The molecule has 1 heterocycles. The third kappa shape index (κ3) is 2.60. The second-order valence-corrected chi connectivity index (χ2v) is 5.48. The van der Waals surface area contributed by atoms with E-state index in [-0.39, 0.29) is 11.5 Å². The summed E-state index contributed by atoms with van der Waals surface area (Å²) in [6.45, 7) is 0. The van der Waals surface area contributed by atoms with Crippen LogP contribution in [0.3, 0.4) is 0 Å². The molecule has 0 fully saturated rings. The Morgan fingerprint density at radius 3 is 2.57 bits per heavy atom. The van der Waals surface area contributed by atoms with E-state index in [4.69, 9.17) is 4.42 Å². The summed E-state index contributed by atoms with van der Waals surface area (Å²) in [7, 11) is 0. The molecule has 4 nitrogen and oxygen atoms in total. The van der Waals surface area contributed by atoms with Crippen molar-refractivity contribution in [1.29, 1.82) is 0 Å². The molecule has 0 amide bonds. The van der Waals surface area contributed by atoms with Gasteiger partial charge in [0.1, 0.15) is 11.3 Å². The average Bonchev–Trinajstić information content (AvgIpc) is 2.85. The van der Waals surface area contributed by atoms with E-state index in [9.17, 15) is 15.0 Å². The molecular weight excluding hydrogens is 288 g/mol. The first kappa shape index (κ1) is 13.6. The summed E-state index contributed by atoms with van der Waals surface area (Å²) in [5.41, 5.74) is 1.19. The van der Waals surface area contributed by atoms with Crippen molar-refractivity contribution in [3.05, 3.63) is 59.9 Å².